The summed E-state index contributed by atoms with van der Waals surface area (Å²) in [5.41, 5.74) is 1.43. The van der Waals surface area contributed by atoms with Crippen molar-refractivity contribution in [3.8, 4) is 0 Å². The Morgan fingerprint density at radius 3 is 2.42 bits per heavy atom. The molecule has 0 aliphatic rings. The van der Waals surface area contributed by atoms with Crippen LogP contribution in [0, 0.1) is 0 Å². The van der Waals surface area contributed by atoms with Gasteiger partial charge in [-0.25, -0.2) is 0 Å². The number of benzene rings is 1. The summed E-state index contributed by atoms with van der Waals surface area (Å²) in [5.74, 6) is 4.62. The molecule has 0 heterocycles. The third-order valence-electron chi connectivity index (χ3n) is 1.81. The molecule has 0 amide bonds. The highest BCUT2D eigenvalue weighted by molar-refractivity contribution is 6.52. The normalized spacial score (nSPS) is 9.83. The largest absolute Gasteiger partial charge is 0.399 e. The van der Waals surface area contributed by atoms with Gasteiger partial charge in [-0.2, -0.15) is 0 Å². The summed E-state index contributed by atoms with van der Waals surface area (Å²) < 4.78 is 3.53. The Bertz CT molecular complexity index is 208. The van der Waals surface area contributed by atoms with Gasteiger partial charge in [-0.3, -0.25) is 0 Å². The molecule has 0 radical (unpaired) electrons. The Labute approximate surface area is 79.4 Å². The van der Waals surface area contributed by atoms with Crippen LogP contribution in [-0.2, 0) is 6.42 Å². The van der Waals surface area contributed by atoms with Crippen LogP contribution in [0.4, 0.5) is 0 Å². The minimum atomic E-state index is -0.562. The number of nitrogens with one attached hydrogen (secondary N) is 1. The minimum absolute atomic E-state index is 0.562. The van der Waals surface area contributed by atoms with Gasteiger partial charge in [0.1, 0.15) is 0 Å². The number of rotatable bonds is 4. The highest BCUT2D eigenvalue weighted by Crippen LogP contribution is 1.97. The van der Waals surface area contributed by atoms with Gasteiger partial charge in [0.25, 0.3) is 0 Å². The summed E-state index contributed by atoms with van der Waals surface area (Å²) >= 11 is -0.562. The van der Waals surface area contributed by atoms with Gasteiger partial charge in [-0.05, 0) is 18.5 Å². The number of hydrogen-bond acceptors (Lipinski definition) is 1. The molecule has 12 heavy (non-hydrogen) atoms. The van der Waals surface area contributed by atoms with E-state index < -0.39 is 14.4 Å². The van der Waals surface area contributed by atoms with Gasteiger partial charge < -0.3 is 4.30 Å². The zero-order chi connectivity index (χ0) is 8.81. The SMILES string of the molecule is [CH3][Al]([CH3])[NH]CCc1ccccc1. The van der Waals surface area contributed by atoms with E-state index in [1.807, 2.05) is 0 Å². The molecule has 0 atom stereocenters. The summed E-state index contributed by atoms with van der Waals surface area (Å²) in [4.78, 5) is 0. The maximum atomic E-state index is 3.53. The topological polar surface area (TPSA) is 12.0 Å². The van der Waals surface area contributed by atoms with Gasteiger partial charge in [-0.15, -0.1) is 0 Å². The molecule has 0 saturated carbocycles. The Balaban J connectivity index is 2.25. The van der Waals surface area contributed by atoms with Crippen molar-refractivity contribution in [3.05, 3.63) is 35.9 Å². The molecule has 0 unspecified atom stereocenters. The molecular weight excluding hydrogens is 161 g/mol. The van der Waals surface area contributed by atoms with E-state index in [1.165, 1.54) is 5.56 Å². The van der Waals surface area contributed by atoms with Crippen molar-refractivity contribution in [1.29, 1.82) is 0 Å². The van der Waals surface area contributed by atoms with Crippen LogP contribution in [0.2, 0.25) is 11.6 Å². The van der Waals surface area contributed by atoms with Crippen molar-refractivity contribution in [2.45, 2.75) is 18.0 Å². The fourth-order valence-electron chi connectivity index (χ4n) is 1.15. The number of hydrogen-bond donors (Lipinski definition) is 1. The molecule has 2 heteroatoms. The minimum Gasteiger partial charge on any atom is -0.399 e. The molecule has 0 fully saturated rings. The van der Waals surface area contributed by atoms with Crippen molar-refractivity contribution in [3.63, 3.8) is 0 Å². The fourth-order valence-corrected chi connectivity index (χ4v) is 1.87. The molecule has 1 aromatic rings. The van der Waals surface area contributed by atoms with Gasteiger partial charge in [0, 0.05) is 0 Å². The van der Waals surface area contributed by atoms with E-state index in [2.05, 4.69) is 46.2 Å². The van der Waals surface area contributed by atoms with E-state index in [1.54, 1.807) is 0 Å². The maximum Gasteiger partial charge on any atom is 0.363 e. The van der Waals surface area contributed by atoms with Crippen molar-refractivity contribution in [1.82, 2.24) is 4.30 Å². The molecule has 1 nitrogen and oxygen atoms in total. The molecule has 1 aromatic carbocycles. The summed E-state index contributed by atoms with van der Waals surface area (Å²) in [6.07, 6.45) is 1.16. The third-order valence-corrected chi connectivity index (χ3v) is 2.91. The molecule has 64 valence electrons. The first kappa shape index (κ1) is 9.80. The van der Waals surface area contributed by atoms with Crippen LogP contribution in [0.15, 0.2) is 30.3 Å². The Kier molecular flexibility index (Phi) is 4.39. The molecule has 0 spiro atoms. The van der Waals surface area contributed by atoms with E-state index >= 15 is 0 Å². The zero-order valence-corrected chi connectivity index (χ0v) is 9.03. The summed E-state index contributed by atoms with van der Waals surface area (Å²) in [6, 6.07) is 10.6. The zero-order valence-electron chi connectivity index (χ0n) is 7.88. The van der Waals surface area contributed by atoms with Crippen LogP contribution >= 0.6 is 0 Å². The molecule has 0 bridgehead atoms. The lowest BCUT2D eigenvalue weighted by Crippen LogP contribution is -2.29. The molecule has 1 rings (SSSR count). The molecule has 0 aliphatic carbocycles. The maximum absolute atomic E-state index is 3.53. The Hall–Kier alpha value is -0.288. The Morgan fingerprint density at radius 2 is 1.83 bits per heavy atom. The summed E-state index contributed by atoms with van der Waals surface area (Å²) in [5, 5.41) is 0. The first-order chi connectivity index (χ1) is 5.79. The van der Waals surface area contributed by atoms with Gasteiger partial charge in [-0.1, -0.05) is 41.9 Å². The van der Waals surface area contributed by atoms with Gasteiger partial charge in [0.05, 0.1) is 0 Å². The lowest BCUT2D eigenvalue weighted by atomic mass is 10.2. The third kappa shape index (κ3) is 3.92. The average Bonchev–Trinajstić information content (AvgIpc) is 2.05. The Morgan fingerprint density at radius 1 is 1.17 bits per heavy atom. The quantitative estimate of drug-likeness (QED) is 0.694. The van der Waals surface area contributed by atoms with E-state index in [0.717, 1.165) is 13.0 Å². The van der Waals surface area contributed by atoms with Crippen LogP contribution in [0.25, 0.3) is 0 Å². The monoisotopic (exact) mass is 177 g/mol. The molecule has 0 aliphatic heterocycles. The molecule has 1 N–H and O–H groups in total. The average molecular weight is 177 g/mol. The summed E-state index contributed by atoms with van der Waals surface area (Å²) in [6.45, 7) is 1.13. The second-order valence-corrected chi connectivity index (χ2v) is 6.06. The predicted molar refractivity (Wildman–Crippen MR) is 55.6 cm³/mol. The van der Waals surface area contributed by atoms with Crippen molar-refractivity contribution < 1.29 is 0 Å². The van der Waals surface area contributed by atoms with Crippen LogP contribution in [-0.4, -0.2) is 20.9 Å². The molecule has 0 aromatic heterocycles. The fraction of sp³-hybridized carbons (Fsp3) is 0.400. The predicted octanol–water partition coefficient (Wildman–Crippen LogP) is 2.07. The first-order valence-electron chi connectivity index (χ1n) is 4.56. The molecule has 0 saturated heterocycles. The first-order valence-corrected chi connectivity index (χ1v) is 7.45. The van der Waals surface area contributed by atoms with Crippen molar-refractivity contribution in [2.75, 3.05) is 6.54 Å². The van der Waals surface area contributed by atoms with Crippen LogP contribution in [0.5, 0.6) is 0 Å². The standard InChI is InChI=1S/C8H10N.2CH3.Al/c9-7-6-8-4-2-1-3-5-8;;;/h1-5,9H,6-7H2;2*1H3;/q-1;;;+1. The van der Waals surface area contributed by atoms with Gasteiger partial charge in [0.15, 0.2) is 0 Å². The van der Waals surface area contributed by atoms with Gasteiger partial charge in [0.2, 0.25) is 0 Å². The molecular formula is C10H16AlN. The van der Waals surface area contributed by atoms with E-state index in [0.29, 0.717) is 0 Å². The summed E-state index contributed by atoms with van der Waals surface area (Å²) in [7, 11) is 0. The highest BCUT2D eigenvalue weighted by atomic mass is 27.2. The highest BCUT2D eigenvalue weighted by Gasteiger charge is 1.99. The van der Waals surface area contributed by atoms with Crippen molar-refractivity contribution in [2.24, 2.45) is 0 Å². The second-order valence-electron chi connectivity index (χ2n) is 3.34. The van der Waals surface area contributed by atoms with Crippen LogP contribution in [0.3, 0.4) is 0 Å². The van der Waals surface area contributed by atoms with E-state index in [-0.39, 0.29) is 0 Å². The van der Waals surface area contributed by atoms with Gasteiger partial charge >= 0.3 is 14.4 Å². The van der Waals surface area contributed by atoms with E-state index in [9.17, 15) is 0 Å². The van der Waals surface area contributed by atoms with Crippen LogP contribution < -0.4 is 4.30 Å². The van der Waals surface area contributed by atoms with Crippen LogP contribution in [0.1, 0.15) is 5.56 Å². The lowest BCUT2D eigenvalue weighted by Gasteiger charge is -2.04. The smallest absolute Gasteiger partial charge is 0.363 e. The van der Waals surface area contributed by atoms with Crippen molar-refractivity contribution >= 4 is 14.4 Å². The lowest BCUT2D eigenvalue weighted by molar-refractivity contribution is 0.880. The second kappa shape index (κ2) is 5.37. The van der Waals surface area contributed by atoms with E-state index in [4.69, 9.17) is 0 Å².